The summed E-state index contributed by atoms with van der Waals surface area (Å²) in [6, 6.07) is 12.8. The van der Waals surface area contributed by atoms with Gasteiger partial charge in [-0.3, -0.25) is 9.48 Å². The van der Waals surface area contributed by atoms with Crippen LogP contribution < -0.4 is 10.1 Å². The van der Waals surface area contributed by atoms with Crippen LogP contribution in [0.2, 0.25) is 5.02 Å². The molecule has 3 rings (SSSR count). The number of carbonyl (C=O) groups excluding carboxylic acids is 1. The highest BCUT2D eigenvalue weighted by Gasteiger charge is 2.30. The van der Waals surface area contributed by atoms with Crippen LogP contribution in [-0.2, 0) is 4.79 Å². The Hall–Kier alpha value is -2.31. The van der Waals surface area contributed by atoms with Crippen molar-refractivity contribution in [3.8, 4) is 5.75 Å². The average Bonchev–Trinajstić information content (AvgIpc) is 3.31. The van der Waals surface area contributed by atoms with Crippen molar-refractivity contribution in [3.63, 3.8) is 0 Å². The zero-order valence-corrected chi connectivity index (χ0v) is 16.1. The number of rotatable bonds is 7. The third-order valence-electron chi connectivity index (χ3n) is 3.91. The number of nitrogens with zero attached hydrogens (tertiary/aromatic N) is 2. The predicted molar refractivity (Wildman–Crippen MR) is 104 cm³/mol. The standard InChI is InChI=1S/C19H20ClN3O2S/c1-19(2,25-15-8-6-14(20)7-9-15)18(24)21-13-16(17-5-3-12-26-17)23-11-4-10-22-23/h3-12,16H,13H2,1-2H3,(H,21,24). The first-order chi connectivity index (χ1) is 12.5. The fraction of sp³-hybridized carbons (Fsp3) is 0.263. The van der Waals surface area contributed by atoms with E-state index >= 15 is 0 Å². The number of ether oxygens (including phenoxy) is 1. The van der Waals surface area contributed by atoms with Crippen LogP contribution in [0.1, 0.15) is 24.8 Å². The molecule has 0 bridgehead atoms. The van der Waals surface area contributed by atoms with E-state index in [-0.39, 0.29) is 11.9 Å². The van der Waals surface area contributed by atoms with Crippen LogP contribution in [0.15, 0.2) is 60.2 Å². The quantitative estimate of drug-likeness (QED) is 0.660. The van der Waals surface area contributed by atoms with Gasteiger partial charge in [0.05, 0.1) is 0 Å². The van der Waals surface area contributed by atoms with Gasteiger partial charge >= 0.3 is 0 Å². The van der Waals surface area contributed by atoms with Gasteiger partial charge in [-0.25, -0.2) is 0 Å². The molecule has 5 nitrogen and oxygen atoms in total. The Morgan fingerprint density at radius 2 is 2.08 bits per heavy atom. The number of hydrogen-bond acceptors (Lipinski definition) is 4. The number of thiophene rings is 1. The molecular formula is C19H20ClN3O2S. The summed E-state index contributed by atoms with van der Waals surface area (Å²) in [7, 11) is 0. The highest BCUT2D eigenvalue weighted by molar-refractivity contribution is 7.10. The van der Waals surface area contributed by atoms with Gasteiger partial charge in [0, 0.05) is 28.8 Å². The number of amides is 1. The fourth-order valence-electron chi connectivity index (χ4n) is 2.52. The Morgan fingerprint density at radius 1 is 1.31 bits per heavy atom. The van der Waals surface area contributed by atoms with Crippen molar-refractivity contribution >= 4 is 28.8 Å². The van der Waals surface area contributed by atoms with Crippen LogP contribution in [0.5, 0.6) is 5.75 Å². The second kappa shape index (κ2) is 7.93. The van der Waals surface area contributed by atoms with E-state index in [0.717, 1.165) is 4.88 Å². The lowest BCUT2D eigenvalue weighted by molar-refractivity contribution is -0.134. The van der Waals surface area contributed by atoms with E-state index in [9.17, 15) is 4.79 Å². The first kappa shape index (κ1) is 18.5. The zero-order valence-electron chi connectivity index (χ0n) is 14.6. The second-order valence-electron chi connectivity index (χ2n) is 6.29. The molecule has 26 heavy (non-hydrogen) atoms. The first-order valence-corrected chi connectivity index (χ1v) is 9.47. The summed E-state index contributed by atoms with van der Waals surface area (Å²) < 4.78 is 7.69. The summed E-state index contributed by atoms with van der Waals surface area (Å²) in [5.74, 6) is 0.401. The van der Waals surface area contributed by atoms with Crippen molar-refractivity contribution in [1.82, 2.24) is 15.1 Å². The maximum absolute atomic E-state index is 12.7. The Labute approximate surface area is 161 Å². The second-order valence-corrected chi connectivity index (χ2v) is 7.71. The maximum Gasteiger partial charge on any atom is 0.263 e. The van der Waals surface area contributed by atoms with Crippen molar-refractivity contribution < 1.29 is 9.53 Å². The zero-order chi connectivity index (χ0) is 18.6. The number of hydrogen-bond donors (Lipinski definition) is 1. The molecule has 7 heteroatoms. The minimum Gasteiger partial charge on any atom is -0.478 e. The molecule has 0 fully saturated rings. The molecule has 0 saturated carbocycles. The third kappa shape index (κ3) is 4.45. The van der Waals surface area contributed by atoms with Crippen molar-refractivity contribution in [2.24, 2.45) is 0 Å². The van der Waals surface area contributed by atoms with Gasteiger partial charge in [-0.2, -0.15) is 5.10 Å². The van der Waals surface area contributed by atoms with Crippen LogP contribution in [0.3, 0.4) is 0 Å². The van der Waals surface area contributed by atoms with Crippen molar-refractivity contribution in [1.29, 1.82) is 0 Å². The molecule has 1 atom stereocenters. The minimum atomic E-state index is -1.02. The number of aromatic nitrogens is 2. The van der Waals surface area contributed by atoms with Gasteiger partial charge < -0.3 is 10.1 Å². The molecule has 3 aromatic rings. The van der Waals surface area contributed by atoms with Crippen LogP contribution in [0, 0.1) is 0 Å². The molecule has 0 aliphatic carbocycles. The van der Waals surface area contributed by atoms with Crippen molar-refractivity contribution in [3.05, 3.63) is 70.1 Å². The summed E-state index contributed by atoms with van der Waals surface area (Å²) in [5.41, 5.74) is -1.02. The smallest absolute Gasteiger partial charge is 0.263 e. The minimum absolute atomic E-state index is 0.0553. The number of carbonyl (C=O) groups is 1. The Balaban J connectivity index is 1.66. The molecule has 1 unspecified atom stereocenters. The Morgan fingerprint density at radius 3 is 2.69 bits per heavy atom. The van der Waals surface area contributed by atoms with Gasteiger partial charge in [0.2, 0.25) is 0 Å². The third-order valence-corrected chi connectivity index (χ3v) is 5.13. The monoisotopic (exact) mass is 389 g/mol. The van der Waals surface area contributed by atoms with E-state index in [2.05, 4.69) is 10.4 Å². The van der Waals surface area contributed by atoms with Gasteiger partial charge in [0.1, 0.15) is 11.8 Å². The van der Waals surface area contributed by atoms with E-state index in [1.54, 1.807) is 55.6 Å². The lowest BCUT2D eigenvalue weighted by atomic mass is 10.1. The van der Waals surface area contributed by atoms with E-state index in [0.29, 0.717) is 17.3 Å². The molecular weight excluding hydrogens is 370 g/mol. The van der Waals surface area contributed by atoms with Gasteiger partial charge in [0.15, 0.2) is 5.60 Å². The van der Waals surface area contributed by atoms with Crippen molar-refractivity contribution in [2.75, 3.05) is 6.54 Å². The summed E-state index contributed by atoms with van der Waals surface area (Å²) in [5, 5.41) is 9.94. The van der Waals surface area contributed by atoms with E-state index < -0.39 is 5.60 Å². The van der Waals surface area contributed by atoms with Gasteiger partial charge in [-0.05, 0) is 55.6 Å². The molecule has 0 spiro atoms. The molecule has 1 N–H and O–H groups in total. The van der Waals surface area contributed by atoms with Gasteiger partial charge in [-0.15, -0.1) is 11.3 Å². The molecule has 0 radical (unpaired) electrons. The number of halogens is 1. The Bertz CT molecular complexity index is 796. The molecule has 2 heterocycles. The van der Waals surface area contributed by atoms with Crippen LogP contribution in [-0.4, -0.2) is 27.8 Å². The molecule has 1 aromatic carbocycles. The topological polar surface area (TPSA) is 56.1 Å². The normalized spacial score (nSPS) is 12.6. The summed E-state index contributed by atoms with van der Waals surface area (Å²) >= 11 is 7.52. The molecule has 136 valence electrons. The molecule has 0 aliphatic heterocycles. The Kier molecular flexibility index (Phi) is 5.64. The van der Waals surface area contributed by atoms with E-state index in [4.69, 9.17) is 16.3 Å². The summed E-state index contributed by atoms with van der Waals surface area (Å²) in [4.78, 5) is 13.8. The lowest BCUT2D eigenvalue weighted by Crippen LogP contribution is -2.48. The SMILES string of the molecule is CC(C)(Oc1ccc(Cl)cc1)C(=O)NCC(c1cccs1)n1cccn1. The average molecular weight is 390 g/mol. The maximum atomic E-state index is 12.7. The van der Waals surface area contributed by atoms with Crippen LogP contribution in [0.25, 0.3) is 0 Å². The number of benzene rings is 1. The lowest BCUT2D eigenvalue weighted by Gasteiger charge is -2.26. The van der Waals surface area contributed by atoms with E-state index in [1.807, 2.05) is 34.5 Å². The van der Waals surface area contributed by atoms with Gasteiger partial charge in [-0.1, -0.05) is 17.7 Å². The van der Waals surface area contributed by atoms with Crippen molar-refractivity contribution in [2.45, 2.75) is 25.5 Å². The molecule has 2 aromatic heterocycles. The molecule has 0 saturated heterocycles. The molecule has 0 aliphatic rings. The highest BCUT2D eigenvalue weighted by Crippen LogP contribution is 2.23. The van der Waals surface area contributed by atoms with Gasteiger partial charge in [0.25, 0.3) is 5.91 Å². The summed E-state index contributed by atoms with van der Waals surface area (Å²) in [6.45, 7) is 3.91. The summed E-state index contributed by atoms with van der Waals surface area (Å²) in [6.07, 6.45) is 3.63. The number of nitrogens with one attached hydrogen (secondary N) is 1. The first-order valence-electron chi connectivity index (χ1n) is 8.21. The fourth-order valence-corrected chi connectivity index (χ4v) is 3.46. The highest BCUT2D eigenvalue weighted by atomic mass is 35.5. The largest absolute Gasteiger partial charge is 0.478 e. The predicted octanol–water partition coefficient (Wildman–Crippen LogP) is 4.16. The van der Waals surface area contributed by atoms with Crippen LogP contribution >= 0.6 is 22.9 Å². The van der Waals surface area contributed by atoms with E-state index in [1.165, 1.54) is 0 Å². The van der Waals surface area contributed by atoms with Crippen LogP contribution in [0.4, 0.5) is 0 Å². The molecule has 1 amide bonds.